The van der Waals surface area contributed by atoms with E-state index in [9.17, 15) is 23.2 Å². The zero-order valence-electron chi connectivity index (χ0n) is 36.6. The van der Waals surface area contributed by atoms with Crippen LogP contribution >= 0.6 is 23.2 Å². The lowest BCUT2D eigenvalue weighted by atomic mass is 9.86. The normalized spacial score (nSPS) is 19.8. The second-order valence-electron chi connectivity index (χ2n) is 17.6. The third kappa shape index (κ3) is 11.6. The van der Waals surface area contributed by atoms with Crippen LogP contribution in [0.25, 0.3) is 0 Å². The van der Waals surface area contributed by atoms with E-state index >= 15 is 0 Å². The molecule has 1 aliphatic carbocycles. The van der Waals surface area contributed by atoms with Crippen molar-refractivity contribution in [2.24, 2.45) is 17.8 Å². The monoisotopic (exact) mass is 955 g/mol. The van der Waals surface area contributed by atoms with Gasteiger partial charge in [0.2, 0.25) is 0 Å². The Kier molecular flexibility index (Phi) is 14.4. The fourth-order valence-electron chi connectivity index (χ4n) is 8.90. The van der Waals surface area contributed by atoms with Gasteiger partial charge in [-0.15, -0.1) is 0 Å². The number of hydrogen-bond acceptors (Lipinski definition) is 9. The fourth-order valence-corrected chi connectivity index (χ4v) is 9.44. The Bertz CT molecular complexity index is 2540. The van der Waals surface area contributed by atoms with Gasteiger partial charge in [-0.3, -0.25) is 14.5 Å². The molecule has 1 aromatic heterocycles. The van der Waals surface area contributed by atoms with Crippen molar-refractivity contribution in [3.05, 3.63) is 153 Å². The van der Waals surface area contributed by atoms with E-state index in [4.69, 9.17) is 46.9 Å². The number of aromatic nitrogens is 1. The molecule has 4 saturated heterocycles. The second kappa shape index (κ2) is 20.9. The number of rotatable bonds is 18. The molecule has 16 heteroatoms. The summed E-state index contributed by atoms with van der Waals surface area (Å²) in [5.74, 6) is -0.142. The Morgan fingerprint density at radius 2 is 1.52 bits per heavy atom. The van der Waals surface area contributed by atoms with Gasteiger partial charge in [-0.05, 0) is 109 Å². The average molecular weight is 957 g/mol. The van der Waals surface area contributed by atoms with Crippen LogP contribution in [0.2, 0.25) is 10.0 Å². The van der Waals surface area contributed by atoms with E-state index in [1.54, 1.807) is 35.5 Å². The van der Waals surface area contributed by atoms with Gasteiger partial charge in [-0.2, -0.15) is 8.78 Å². The highest BCUT2D eigenvalue weighted by Gasteiger charge is 2.39. The molecular weight excluding hydrogens is 905 g/mol. The highest BCUT2D eigenvalue weighted by molar-refractivity contribution is 6.35. The number of fused-ring (bicyclic) bond motifs is 3. The van der Waals surface area contributed by atoms with Gasteiger partial charge < -0.3 is 33.9 Å². The van der Waals surface area contributed by atoms with Gasteiger partial charge in [0.25, 0.3) is 5.91 Å². The Hall–Kier alpha value is -5.96. The standard InChI is InChI=1S/C51H50Cl2F2N4O8/c52-41-24-56-25-42(53)40(41)23-44(35-14-15-43(66-50(54)55)45(22-35)64-29-31-12-13-31)65-49(61)38-26-59(27-38)48(60)37-10-4-6-32(20-37)30-63-39-11-5-9-36(21-39)47(34-7-2-1-3-8-34)57-51(62)67-46-28-58-18-16-33(46)17-19-58/h1-11,14-15,20-22,24-25,31,33,38,44,46-47,50H,12-13,16-19,23,26-30H2,(H,57,62)/p+1/t44-,46-,47-/m0/s1. The number of ether oxygens (including phenoxy) is 5. The Morgan fingerprint density at radius 3 is 2.24 bits per heavy atom. The Morgan fingerprint density at radius 1 is 0.776 bits per heavy atom. The van der Waals surface area contributed by atoms with E-state index < -0.39 is 36.7 Å². The molecule has 0 unspecified atom stereocenters. The largest absolute Gasteiger partial charge is 0.489 e. The minimum atomic E-state index is -3.06. The van der Waals surface area contributed by atoms with Crippen LogP contribution < -0.4 is 24.5 Å². The number of benzene rings is 4. The number of esters is 1. The number of alkyl halides is 2. The number of nitrogens with one attached hydrogen (secondary N) is 2. The summed E-state index contributed by atoms with van der Waals surface area (Å²) in [7, 11) is 0. The zero-order valence-corrected chi connectivity index (χ0v) is 38.1. The lowest BCUT2D eigenvalue weighted by molar-refractivity contribution is -0.377. The van der Waals surface area contributed by atoms with Crippen molar-refractivity contribution in [3.63, 3.8) is 0 Å². The molecule has 5 heterocycles. The summed E-state index contributed by atoms with van der Waals surface area (Å²) in [6.45, 7) is 0.565. The maximum absolute atomic E-state index is 13.7. The highest BCUT2D eigenvalue weighted by atomic mass is 35.5. The molecule has 0 spiro atoms. The van der Waals surface area contributed by atoms with Crippen LogP contribution in [0.15, 0.2) is 109 Å². The fraction of sp³-hybridized carbons (Fsp3) is 0.373. The number of hydrogen-bond donors (Lipinski definition) is 1. The summed E-state index contributed by atoms with van der Waals surface area (Å²) < 4.78 is 55.6. The number of alkyl carbamates (subject to hydrolysis) is 1. The van der Waals surface area contributed by atoms with Crippen molar-refractivity contribution in [2.75, 3.05) is 39.3 Å². The maximum atomic E-state index is 13.7. The molecule has 67 heavy (non-hydrogen) atoms. The molecular formula is C51H51Cl2F2N4O8+. The highest BCUT2D eigenvalue weighted by Crippen LogP contribution is 2.39. The van der Waals surface area contributed by atoms with E-state index in [2.05, 4.69) is 15.2 Å². The van der Waals surface area contributed by atoms with Gasteiger partial charge in [-0.25, -0.2) is 9.78 Å². The summed E-state index contributed by atoms with van der Waals surface area (Å²) in [5, 5.41) is 3.75. The number of H-pyrrole nitrogens is 1. The third-order valence-corrected chi connectivity index (χ3v) is 13.6. The predicted molar refractivity (Wildman–Crippen MR) is 244 cm³/mol. The van der Waals surface area contributed by atoms with E-state index in [0.29, 0.717) is 50.9 Å². The first-order chi connectivity index (χ1) is 32.5. The molecule has 2 N–H and O–H groups in total. The first-order valence-corrected chi connectivity index (χ1v) is 23.4. The second-order valence-corrected chi connectivity index (χ2v) is 18.5. The first-order valence-electron chi connectivity index (χ1n) is 22.6. The van der Waals surface area contributed by atoms with Crippen LogP contribution in [-0.4, -0.2) is 79.8 Å². The van der Waals surface area contributed by atoms with Crippen molar-refractivity contribution in [3.8, 4) is 17.2 Å². The SMILES string of the molecule is O=C(N[C@@H](c1ccccc1)c1cccc(OCc2cccc(C(=O)N3CC(C(=O)O[C@@H](Cc4c(Cl)c[nH+]cc4Cl)c4ccc(OC(F)F)c(OCC5CC5)c4)C3)c2)c1)O[C@H]1CN2CCC1CC2. The van der Waals surface area contributed by atoms with Crippen molar-refractivity contribution in [1.82, 2.24) is 15.1 Å². The number of likely N-dealkylation sites (tertiary alicyclic amines) is 1. The number of carbonyl (C=O) groups is 3. The molecule has 2 amide bonds. The zero-order chi connectivity index (χ0) is 46.4. The molecule has 2 bridgehead atoms. The summed E-state index contributed by atoms with van der Waals surface area (Å²) in [6.07, 6.45) is 5.72. The molecule has 350 valence electrons. The van der Waals surface area contributed by atoms with Gasteiger partial charge in [0.05, 0.1) is 18.6 Å². The molecule has 4 aromatic carbocycles. The van der Waals surface area contributed by atoms with Crippen molar-refractivity contribution >= 4 is 41.2 Å². The smallest absolute Gasteiger partial charge is 0.408 e. The molecule has 5 aliphatic rings. The molecule has 10 rings (SSSR count). The van der Waals surface area contributed by atoms with Crippen molar-refractivity contribution in [2.45, 2.75) is 63.6 Å². The number of halogens is 4. The van der Waals surface area contributed by atoms with Crippen LogP contribution in [-0.2, 0) is 27.3 Å². The van der Waals surface area contributed by atoms with Crippen LogP contribution in [0, 0.1) is 17.8 Å². The van der Waals surface area contributed by atoms with Gasteiger partial charge in [0.1, 0.15) is 34.6 Å². The lowest BCUT2D eigenvalue weighted by Gasteiger charge is -2.43. The minimum Gasteiger partial charge on any atom is -0.489 e. The van der Waals surface area contributed by atoms with E-state index in [1.165, 1.54) is 18.2 Å². The average Bonchev–Trinajstić information content (AvgIpc) is 4.16. The van der Waals surface area contributed by atoms with Gasteiger partial charge in [0, 0.05) is 37.2 Å². The van der Waals surface area contributed by atoms with E-state index in [1.807, 2.05) is 60.7 Å². The van der Waals surface area contributed by atoms with E-state index in [0.717, 1.165) is 62.0 Å². The molecule has 3 atom stereocenters. The molecule has 1 saturated carbocycles. The molecule has 4 aliphatic heterocycles. The number of amides is 2. The topological polar surface area (TPSA) is 130 Å². The number of nitrogens with zero attached hydrogens (tertiary/aromatic N) is 2. The summed E-state index contributed by atoms with van der Waals surface area (Å²) in [6, 6.07) is 28.4. The lowest BCUT2D eigenvalue weighted by Crippen LogP contribution is -2.53. The van der Waals surface area contributed by atoms with Crippen molar-refractivity contribution < 1.29 is 51.8 Å². The molecule has 5 fully saturated rings. The quantitative estimate of drug-likeness (QED) is 0.0855. The number of aromatic amines is 1. The summed E-state index contributed by atoms with van der Waals surface area (Å²) in [5.41, 5.74) is 3.89. The van der Waals surface area contributed by atoms with Gasteiger partial charge in [-0.1, -0.05) is 83.9 Å². The van der Waals surface area contributed by atoms with Crippen LogP contribution in [0.5, 0.6) is 17.2 Å². The number of piperidine rings is 3. The molecule has 12 nitrogen and oxygen atoms in total. The Labute approximate surface area is 397 Å². The number of pyridine rings is 1. The number of carbonyl (C=O) groups excluding carboxylic acids is 3. The Balaban J connectivity index is 0.827. The van der Waals surface area contributed by atoms with Crippen LogP contribution in [0.1, 0.15) is 76.0 Å². The van der Waals surface area contributed by atoms with Crippen LogP contribution in [0.3, 0.4) is 0 Å². The van der Waals surface area contributed by atoms with Crippen molar-refractivity contribution in [1.29, 1.82) is 0 Å². The first kappa shape index (κ1) is 46.2. The van der Waals surface area contributed by atoms with Gasteiger partial charge >= 0.3 is 18.7 Å². The van der Waals surface area contributed by atoms with Gasteiger partial charge in [0.15, 0.2) is 23.9 Å². The van der Waals surface area contributed by atoms with Crippen LogP contribution in [0.4, 0.5) is 13.6 Å². The maximum Gasteiger partial charge on any atom is 0.408 e. The summed E-state index contributed by atoms with van der Waals surface area (Å²) in [4.78, 5) is 47.6. The molecule has 5 aromatic rings. The molecule has 0 radical (unpaired) electrons. The third-order valence-electron chi connectivity index (χ3n) is 12.9. The predicted octanol–water partition coefficient (Wildman–Crippen LogP) is 9.29. The summed E-state index contributed by atoms with van der Waals surface area (Å²) >= 11 is 13.0. The minimum absolute atomic E-state index is 0.0721. The van der Waals surface area contributed by atoms with E-state index in [-0.39, 0.29) is 49.6 Å².